The molecule has 0 radical (unpaired) electrons. The van der Waals surface area contributed by atoms with Crippen molar-refractivity contribution in [2.45, 2.75) is 58.8 Å². The third-order valence-electron chi connectivity index (χ3n) is 2.76. The second-order valence-corrected chi connectivity index (χ2v) is 4.55. The molecule has 0 atom stereocenters. The molecule has 0 N–H and O–H groups in total. The van der Waals surface area contributed by atoms with Gasteiger partial charge in [0.2, 0.25) is 0 Å². The maximum Gasteiger partial charge on any atom is 0.305 e. The van der Waals surface area contributed by atoms with Gasteiger partial charge in [-0.3, -0.25) is 4.79 Å². The molecule has 0 saturated heterocycles. The summed E-state index contributed by atoms with van der Waals surface area (Å²) in [6.07, 6.45) is 7.06. The first-order valence-electron chi connectivity index (χ1n) is 7.62. The first kappa shape index (κ1) is 18.4. The second kappa shape index (κ2) is 15.4. The zero-order valence-corrected chi connectivity index (χ0v) is 12.6. The molecule has 4 nitrogen and oxygen atoms in total. The highest BCUT2D eigenvalue weighted by Crippen LogP contribution is 2.03. The van der Waals surface area contributed by atoms with Gasteiger partial charge in [-0.15, -0.1) is 0 Å². The molecule has 0 bridgehead atoms. The maximum absolute atomic E-state index is 11.4. The molecule has 0 aromatic rings. The van der Waals surface area contributed by atoms with E-state index in [4.69, 9.17) is 14.2 Å². The van der Waals surface area contributed by atoms with Crippen molar-refractivity contribution in [3.05, 3.63) is 0 Å². The van der Waals surface area contributed by atoms with Gasteiger partial charge in [0.05, 0.1) is 19.8 Å². The predicted molar refractivity (Wildman–Crippen MR) is 76.3 cm³/mol. The Balaban J connectivity index is 3.13. The quantitative estimate of drug-likeness (QED) is 0.360. The Morgan fingerprint density at radius 1 is 0.789 bits per heavy atom. The predicted octanol–water partition coefficient (Wildman–Crippen LogP) is 3.33. The van der Waals surface area contributed by atoms with Crippen LogP contribution in [0.1, 0.15) is 58.8 Å². The Morgan fingerprint density at radius 2 is 1.53 bits per heavy atom. The fourth-order valence-electron chi connectivity index (χ4n) is 1.65. The molecule has 0 fully saturated rings. The Labute approximate surface area is 117 Å². The number of rotatable bonds is 14. The van der Waals surface area contributed by atoms with Gasteiger partial charge >= 0.3 is 5.97 Å². The van der Waals surface area contributed by atoms with E-state index in [0.717, 1.165) is 19.3 Å². The van der Waals surface area contributed by atoms with Crippen LogP contribution in [0.25, 0.3) is 0 Å². The molecule has 0 rings (SSSR count). The minimum atomic E-state index is -0.108. The lowest BCUT2D eigenvalue weighted by Gasteiger charge is -2.06. The lowest BCUT2D eigenvalue weighted by Crippen LogP contribution is -2.09. The molecule has 0 saturated carbocycles. The van der Waals surface area contributed by atoms with Crippen molar-refractivity contribution in [1.82, 2.24) is 0 Å². The number of unbranched alkanes of at least 4 members (excludes halogenated alkanes) is 4. The van der Waals surface area contributed by atoms with Crippen LogP contribution < -0.4 is 0 Å². The van der Waals surface area contributed by atoms with Gasteiger partial charge in [0.25, 0.3) is 0 Å². The highest BCUT2D eigenvalue weighted by Gasteiger charge is 2.02. The Morgan fingerprint density at radius 3 is 2.26 bits per heavy atom. The lowest BCUT2D eigenvalue weighted by atomic mass is 10.2. The molecule has 0 unspecified atom stereocenters. The molecule has 0 aromatic carbocycles. The van der Waals surface area contributed by atoms with Gasteiger partial charge in [-0.1, -0.05) is 32.6 Å². The summed E-state index contributed by atoms with van der Waals surface area (Å²) in [4.78, 5) is 11.4. The summed E-state index contributed by atoms with van der Waals surface area (Å²) in [7, 11) is 0. The number of esters is 1. The van der Waals surface area contributed by atoms with Crippen LogP contribution in [0.15, 0.2) is 0 Å². The molecular formula is C15H30O4. The fourth-order valence-corrected chi connectivity index (χ4v) is 1.65. The standard InChI is InChI=1S/C15H30O4/c1-3-5-6-7-8-12-19-15(16)10-9-11-18-14-13-17-4-2/h3-14H2,1-2H3. The van der Waals surface area contributed by atoms with Crippen LogP contribution in [-0.2, 0) is 19.0 Å². The van der Waals surface area contributed by atoms with Crippen molar-refractivity contribution in [1.29, 1.82) is 0 Å². The third kappa shape index (κ3) is 15.3. The SMILES string of the molecule is CCCCCCCOC(=O)CCCOCCOCC. The van der Waals surface area contributed by atoms with Crippen LogP contribution in [0.2, 0.25) is 0 Å². The van der Waals surface area contributed by atoms with Crippen molar-refractivity contribution in [3.63, 3.8) is 0 Å². The van der Waals surface area contributed by atoms with E-state index in [1.54, 1.807) is 0 Å². The number of hydrogen-bond donors (Lipinski definition) is 0. The minimum Gasteiger partial charge on any atom is -0.466 e. The van der Waals surface area contributed by atoms with Crippen molar-refractivity contribution in [3.8, 4) is 0 Å². The average molecular weight is 274 g/mol. The first-order chi connectivity index (χ1) is 9.31. The van der Waals surface area contributed by atoms with Crippen molar-refractivity contribution < 1.29 is 19.0 Å². The van der Waals surface area contributed by atoms with Gasteiger partial charge in [0.1, 0.15) is 0 Å². The summed E-state index contributed by atoms with van der Waals surface area (Å²) in [6.45, 7) is 7.24. The molecule has 0 amide bonds. The molecule has 4 heteroatoms. The van der Waals surface area contributed by atoms with E-state index >= 15 is 0 Å². The van der Waals surface area contributed by atoms with Crippen molar-refractivity contribution >= 4 is 5.97 Å². The van der Waals surface area contributed by atoms with Crippen LogP contribution in [0, 0.1) is 0 Å². The summed E-state index contributed by atoms with van der Waals surface area (Å²) in [6, 6.07) is 0. The van der Waals surface area contributed by atoms with Gasteiger partial charge in [-0.25, -0.2) is 0 Å². The second-order valence-electron chi connectivity index (χ2n) is 4.55. The molecule has 0 aliphatic carbocycles. The van der Waals surface area contributed by atoms with E-state index in [1.165, 1.54) is 19.3 Å². The van der Waals surface area contributed by atoms with Gasteiger partial charge in [-0.05, 0) is 19.8 Å². The zero-order chi connectivity index (χ0) is 14.2. The van der Waals surface area contributed by atoms with Gasteiger partial charge in [0, 0.05) is 19.6 Å². The molecule has 0 spiro atoms. The van der Waals surface area contributed by atoms with Crippen molar-refractivity contribution in [2.75, 3.05) is 33.0 Å². The van der Waals surface area contributed by atoms with E-state index in [-0.39, 0.29) is 5.97 Å². The molecular weight excluding hydrogens is 244 g/mol. The van der Waals surface area contributed by atoms with Crippen LogP contribution >= 0.6 is 0 Å². The van der Waals surface area contributed by atoms with E-state index in [0.29, 0.717) is 39.5 Å². The van der Waals surface area contributed by atoms with Gasteiger partial charge in [0.15, 0.2) is 0 Å². The van der Waals surface area contributed by atoms with Gasteiger partial charge < -0.3 is 14.2 Å². The third-order valence-corrected chi connectivity index (χ3v) is 2.76. The Hall–Kier alpha value is -0.610. The van der Waals surface area contributed by atoms with E-state index < -0.39 is 0 Å². The summed E-state index contributed by atoms with van der Waals surface area (Å²) >= 11 is 0. The van der Waals surface area contributed by atoms with Crippen LogP contribution in [-0.4, -0.2) is 39.0 Å². The lowest BCUT2D eigenvalue weighted by molar-refractivity contribution is -0.144. The summed E-state index contributed by atoms with van der Waals surface area (Å²) < 4.78 is 15.6. The maximum atomic E-state index is 11.4. The summed E-state index contributed by atoms with van der Waals surface area (Å²) in [5, 5.41) is 0. The molecule has 114 valence electrons. The Kier molecular flexibility index (Phi) is 15.0. The molecule has 0 aromatic heterocycles. The number of hydrogen-bond acceptors (Lipinski definition) is 4. The molecule has 0 aliphatic heterocycles. The largest absolute Gasteiger partial charge is 0.466 e. The first-order valence-corrected chi connectivity index (χ1v) is 7.62. The smallest absolute Gasteiger partial charge is 0.305 e. The summed E-state index contributed by atoms with van der Waals surface area (Å²) in [5.41, 5.74) is 0. The van der Waals surface area contributed by atoms with Crippen molar-refractivity contribution in [2.24, 2.45) is 0 Å². The number of carbonyl (C=O) groups is 1. The molecule has 0 aliphatic rings. The topological polar surface area (TPSA) is 44.8 Å². The van der Waals surface area contributed by atoms with Crippen LogP contribution in [0.5, 0.6) is 0 Å². The average Bonchev–Trinajstić information content (AvgIpc) is 2.41. The molecule has 0 heterocycles. The van der Waals surface area contributed by atoms with E-state index in [9.17, 15) is 4.79 Å². The highest BCUT2D eigenvalue weighted by molar-refractivity contribution is 5.69. The molecule has 19 heavy (non-hydrogen) atoms. The van der Waals surface area contributed by atoms with Gasteiger partial charge in [-0.2, -0.15) is 0 Å². The monoisotopic (exact) mass is 274 g/mol. The van der Waals surface area contributed by atoms with E-state index in [1.807, 2.05) is 6.92 Å². The summed E-state index contributed by atoms with van der Waals surface area (Å²) in [5.74, 6) is -0.108. The highest BCUT2D eigenvalue weighted by atomic mass is 16.5. The fraction of sp³-hybridized carbons (Fsp3) is 0.933. The number of carbonyl (C=O) groups excluding carboxylic acids is 1. The number of ether oxygens (including phenoxy) is 3. The minimum absolute atomic E-state index is 0.108. The normalized spacial score (nSPS) is 10.6. The van der Waals surface area contributed by atoms with Crippen LogP contribution in [0.3, 0.4) is 0 Å². The van der Waals surface area contributed by atoms with E-state index in [2.05, 4.69) is 6.92 Å². The zero-order valence-electron chi connectivity index (χ0n) is 12.6. The van der Waals surface area contributed by atoms with Crippen LogP contribution in [0.4, 0.5) is 0 Å². The Bertz CT molecular complexity index is 195.